The zero-order valence-electron chi connectivity index (χ0n) is 16.9. The number of ether oxygens (including phenoxy) is 2. The van der Waals surface area contributed by atoms with E-state index in [0.717, 1.165) is 12.1 Å². The van der Waals surface area contributed by atoms with E-state index in [1.165, 1.54) is 43.3 Å². The van der Waals surface area contributed by atoms with Gasteiger partial charge < -0.3 is 24.1 Å². The minimum atomic E-state index is -1.73. The Morgan fingerprint density at radius 2 is 1.91 bits per heavy atom. The summed E-state index contributed by atoms with van der Waals surface area (Å²) in [6.07, 6.45) is -0.706. The molecule has 2 heterocycles. The molecule has 0 spiro atoms. The van der Waals surface area contributed by atoms with Crippen molar-refractivity contribution in [3.8, 4) is 11.5 Å². The number of benzene rings is 2. The number of carboxylic acids is 1. The Hall–Kier alpha value is -3.95. The molecule has 0 saturated heterocycles. The highest BCUT2D eigenvalue weighted by Crippen LogP contribution is 2.35. The number of esters is 1. The van der Waals surface area contributed by atoms with Gasteiger partial charge in [-0.05, 0) is 35.9 Å². The van der Waals surface area contributed by atoms with Crippen LogP contribution in [0.3, 0.4) is 0 Å². The van der Waals surface area contributed by atoms with E-state index in [1.807, 2.05) is 0 Å². The molecule has 0 bridgehead atoms. The topological polar surface area (TPSA) is 140 Å². The van der Waals surface area contributed by atoms with E-state index in [4.69, 9.17) is 25.5 Å². The van der Waals surface area contributed by atoms with Gasteiger partial charge in [0.1, 0.15) is 23.0 Å². The minimum absolute atomic E-state index is 0.00696. The van der Waals surface area contributed by atoms with E-state index >= 15 is 0 Å². The molecule has 0 fully saturated rings. The number of carbonyl (C=O) groups excluding carboxylic acids is 2. The third kappa shape index (κ3) is 4.36. The molecule has 1 aromatic heterocycles. The summed E-state index contributed by atoms with van der Waals surface area (Å²) >= 11 is 5.94. The molecule has 1 aliphatic heterocycles. The maximum Gasteiger partial charge on any atom is 0.336 e. The summed E-state index contributed by atoms with van der Waals surface area (Å²) in [4.78, 5) is 48.5. The van der Waals surface area contributed by atoms with E-state index in [9.17, 15) is 29.4 Å². The molecular formula is C23H15ClO9. The van der Waals surface area contributed by atoms with Gasteiger partial charge in [0, 0.05) is 29.5 Å². The fraction of sp³-hybridized carbons (Fsp3) is 0.130. The molecule has 0 saturated carbocycles. The van der Waals surface area contributed by atoms with Gasteiger partial charge in [0.2, 0.25) is 6.29 Å². The summed E-state index contributed by atoms with van der Waals surface area (Å²) in [5, 5.41) is 20.7. The Labute approximate surface area is 190 Å². The first kappa shape index (κ1) is 22.3. The van der Waals surface area contributed by atoms with Gasteiger partial charge in [-0.1, -0.05) is 17.7 Å². The monoisotopic (exact) mass is 470 g/mol. The molecule has 2 unspecified atom stereocenters. The molecule has 33 heavy (non-hydrogen) atoms. The van der Waals surface area contributed by atoms with Crippen LogP contribution in [0.1, 0.15) is 28.8 Å². The SMILES string of the molecule is CC(=O)Oc1ccc2c(C(/C=C3/C(=O)c4cc(Cl)ccc4OC3O)C(=O)O)cc(=O)oc2c1. The van der Waals surface area contributed by atoms with Crippen LogP contribution in [0.25, 0.3) is 11.0 Å². The summed E-state index contributed by atoms with van der Waals surface area (Å²) in [7, 11) is 0. The van der Waals surface area contributed by atoms with E-state index in [1.54, 1.807) is 0 Å². The summed E-state index contributed by atoms with van der Waals surface area (Å²) in [5.74, 6) is -3.97. The van der Waals surface area contributed by atoms with Gasteiger partial charge in [-0.15, -0.1) is 0 Å². The summed E-state index contributed by atoms with van der Waals surface area (Å²) in [5.41, 5.74) is -1.13. The quantitative estimate of drug-likeness (QED) is 0.254. The lowest BCUT2D eigenvalue weighted by molar-refractivity contribution is -0.137. The van der Waals surface area contributed by atoms with Crippen LogP contribution in [0, 0.1) is 0 Å². The van der Waals surface area contributed by atoms with Crippen LogP contribution in [0.4, 0.5) is 0 Å². The first-order valence-corrected chi connectivity index (χ1v) is 9.91. The van der Waals surface area contributed by atoms with Crippen LogP contribution >= 0.6 is 11.6 Å². The van der Waals surface area contributed by atoms with Gasteiger partial charge in [-0.2, -0.15) is 0 Å². The standard InChI is InChI=1S/C23H15ClO9/c1-10(25)31-12-3-4-13-14(9-20(26)32-19(13)7-12)15(22(28)29)8-17-21(27)16-6-11(24)2-5-18(16)33-23(17)30/h2-9,15,23,30H,1H3,(H,28,29)/b17-8-. The number of hydrogen-bond acceptors (Lipinski definition) is 8. The van der Waals surface area contributed by atoms with Crippen LogP contribution in [-0.2, 0) is 9.59 Å². The molecule has 10 heteroatoms. The molecule has 3 aromatic rings. The Morgan fingerprint density at radius 3 is 2.61 bits per heavy atom. The van der Waals surface area contributed by atoms with Crippen molar-refractivity contribution in [2.24, 2.45) is 0 Å². The predicted octanol–water partition coefficient (Wildman–Crippen LogP) is 3.06. The Kier molecular flexibility index (Phi) is 5.75. The van der Waals surface area contributed by atoms with Crippen molar-refractivity contribution >= 4 is 40.3 Å². The summed E-state index contributed by atoms with van der Waals surface area (Å²) < 4.78 is 15.4. The zero-order valence-corrected chi connectivity index (χ0v) is 17.7. The molecule has 2 N–H and O–H groups in total. The third-order valence-electron chi connectivity index (χ3n) is 4.91. The number of Topliss-reactive ketones (excluding diaryl/α,β-unsaturated/α-hetero) is 1. The first-order chi connectivity index (χ1) is 15.6. The van der Waals surface area contributed by atoms with E-state index < -0.39 is 35.6 Å². The fourth-order valence-corrected chi connectivity index (χ4v) is 3.69. The van der Waals surface area contributed by atoms with Crippen LogP contribution in [-0.4, -0.2) is 34.2 Å². The Bertz CT molecular complexity index is 1400. The molecule has 0 aliphatic carbocycles. The lowest BCUT2D eigenvalue weighted by Gasteiger charge is -2.25. The van der Waals surface area contributed by atoms with Crippen molar-refractivity contribution in [3.63, 3.8) is 0 Å². The number of carbonyl (C=O) groups is 3. The van der Waals surface area contributed by atoms with Gasteiger partial charge >= 0.3 is 17.6 Å². The molecular weight excluding hydrogens is 456 g/mol. The fourth-order valence-electron chi connectivity index (χ4n) is 3.52. The third-order valence-corrected chi connectivity index (χ3v) is 5.15. The van der Waals surface area contributed by atoms with Crippen molar-refractivity contribution in [3.05, 3.63) is 80.7 Å². The summed E-state index contributed by atoms with van der Waals surface area (Å²) in [6.45, 7) is 1.20. The van der Waals surface area contributed by atoms with Crippen LogP contribution < -0.4 is 15.1 Å². The molecule has 9 nitrogen and oxygen atoms in total. The van der Waals surface area contributed by atoms with Crippen LogP contribution in [0.15, 0.2) is 63.3 Å². The number of aliphatic hydroxyl groups is 1. The molecule has 1 aliphatic rings. The molecule has 2 aromatic carbocycles. The highest BCUT2D eigenvalue weighted by atomic mass is 35.5. The second-order valence-electron chi connectivity index (χ2n) is 7.15. The number of ketones is 1. The minimum Gasteiger partial charge on any atom is -0.481 e. The van der Waals surface area contributed by atoms with Gasteiger partial charge in [0.25, 0.3) is 0 Å². The van der Waals surface area contributed by atoms with Gasteiger partial charge in [-0.25, -0.2) is 4.79 Å². The molecule has 0 radical (unpaired) electrons. The van der Waals surface area contributed by atoms with Crippen molar-refractivity contribution in [2.45, 2.75) is 19.1 Å². The van der Waals surface area contributed by atoms with Crippen LogP contribution in [0.5, 0.6) is 11.5 Å². The lowest BCUT2D eigenvalue weighted by Crippen LogP contribution is -2.31. The number of aliphatic hydroxyl groups excluding tert-OH is 1. The second kappa shape index (κ2) is 8.53. The summed E-state index contributed by atoms with van der Waals surface area (Å²) in [6, 6.07) is 9.32. The number of rotatable bonds is 4. The average Bonchev–Trinajstić information content (AvgIpc) is 2.73. The van der Waals surface area contributed by atoms with E-state index in [-0.39, 0.29) is 44.2 Å². The number of hydrogen-bond donors (Lipinski definition) is 2. The van der Waals surface area contributed by atoms with Crippen molar-refractivity contribution in [2.75, 3.05) is 0 Å². The van der Waals surface area contributed by atoms with Crippen LogP contribution in [0.2, 0.25) is 5.02 Å². The second-order valence-corrected chi connectivity index (χ2v) is 7.59. The Morgan fingerprint density at radius 1 is 1.15 bits per heavy atom. The van der Waals surface area contributed by atoms with Gasteiger partial charge in [0.05, 0.1) is 11.1 Å². The highest BCUT2D eigenvalue weighted by molar-refractivity contribution is 6.31. The van der Waals surface area contributed by atoms with E-state index in [2.05, 4.69) is 0 Å². The van der Waals surface area contributed by atoms with Crippen molar-refractivity contribution in [1.82, 2.24) is 0 Å². The average molecular weight is 471 g/mol. The van der Waals surface area contributed by atoms with Gasteiger partial charge in [-0.3, -0.25) is 14.4 Å². The maximum absolute atomic E-state index is 13.0. The highest BCUT2D eigenvalue weighted by Gasteiger charge is 2.33. The zero-order chi connectivity index (χ0) is 23.9. The number of carboxylic acid groups (broad SMARTS) is 1. The molecule has 4 rings (SSSR count). The molecule has 0 amide bonds. The maximum atomic E-state index is 13.0. The lowest BCUT2D eigenvalue weighted by atomic mass is 9.90. The Balaban J connectivity index is 1.85. The number of fused-ring (bicyclic) bond motifs is 2. The van der Waals surface area contributed by atoms with Crippen molar-refractivity contribution in [1.29, 1.82) is 0 Å². The predicted molar refractivity (Wildman–Crippen MR) is 115 cm³/mol. The first-order valence-electron chi connectivity index (χ1n) is 9.54. The number of aliphatic carboxylic acids is 1. The van der Waals surface area contributed by atoms with E-state index in [0.29, 0.717) is 0 Å². The largest absolute Gasteiger partial charge is 0.481 e. The van der Waals surface area contributed by atoms with Gasteiger partial charge in [0.15, 0.2) is 5.78 Å². The van der Waals surface area contributed by atoms with Crippen molar-refractivity contribution < 1.29 is 38.5 Å². The molecule has 168 valence electrons. The smallest absolute Gasteiger partial charge is 0.336 e. The number of halogens is 1. The molecule has 2 atom stereocenters. The normalized spacial score (nSPS) is 17.4.